The van der Waals surface area contributed by atoms with E-state index in [-0.39, 0.29) is 11.3 Å². The second-order valence-corrected chi connectivity index (χ2v) is 2.55. The molecule has 0 spiro atoms. The van der Waals surface area contributed by atoms with Gasteiger partial charge in [-0.3, -0.25) is 0 Å². The maximum absolute atomic E-state index is 10.2. The van der Waals surface area contributed by atoms with Crippen LogP contribution < -0.4 is 0 Å². The van der Waals surface area contributed by atoms with Crippen LogP contribution in [0, 0.1) is 0 Å². The van der Waals surface area contributed by atoms with Crippen molar-refractivity contribution in [3.05, 3.63) is 42.5 Å². The van der Waals surface area contributed by atoms with E-state index in [4.69, 9.17) is 10.2 Å². The van der Waals surface area contributed by atoms with Crippen molar-refractivity contribution in [2.45, 2.75) is 13.3 Å². The molecule has 1 aromatic carbocycles. The molecule has 0 aromatic heterocycles. The lowest BCUT2D eigenvalue weighted by molar-refractivity contribution is 0.0697. The molecule has 14 heavy (non-hydrogen) atoms. The van der Waals surface area contributed by atoms with Gasteiger partial charge < -0.3 is 10.2 Å². The summed E-state index contributed by atoms with van der Waals surface area (Å²) < 4.78 is 0. The summed E-state index contributed by atoms with van der Waals surface area (Å²) in [6, 6.07) is 5.36. The van der Waals surface area contributed by atoms with Crippen molar-refractivity contribution in [1.29, 1.82) is 0 Å². The molecule has 0 fully saturated rings. The summed E-state index contributed by atoms with van der Waals surface area (Å²) in [5.41, 5.74) is 0.179. The highest BCUT2D eigenvalue weighted by atomic mass is 16.4. The predicted molar refractivity (Wildman–Crippen MR) is 55.6 cm³/mol. The quantitative estimate of drug-likeness (QED) is 0.711. The minimum atomic E-state index is -0.986. The second-order valence-electron chi connectivity index (χ2n) is 2.55. The van der Waals surface area contributed by atoms with Crippen LogP contribution in [0.15, 0.2) is 36.9 Å². The molecule has 0 saturated carbocycles. The van der Waals surface area contributed by atoms with Gasteiger partial charge in [0.1, 0.15) is 5.75 Å². The number of aromatic hydroxyl groups is 1. The Kier molecular flexibility index (Phi) is 5.87. The molecule has 0 saturated heterocycles. The summed E-state index contributed by atoms with van der Waals surface area (Å²) >= 11 is 0. The van der Waals surface area contributed by atoms with E-state index in [2.05, 4.69) is 13.5 Å². The third kappa shape index (κ3) is 4.98. The molecule has 3 heteroatoms. The highest BCUT2D eigenvalue weighted by molar-refractivity contribution is 5.87. The summed E-state index contributed by atoms with van der Waals surface area (Å²) in [6.45, 7) is 5.54. The van der Waals surface area contributed by atoms with Crippen molar-refractivity contribution in [2.24, 2.45) is 0 Å². The molecule has 0 unspecified atom stereocenters. The van der Waals surface area contributed by atoms with Crippen LogP contribution in [0.1, 0.15) is 23.7 Å². The normalized spacial score (nSPS) is 8.36. The fraction of sp³-hybridized carbons (Fsp3) is 0.182. The lowest BCUT2D eigenvalue weighted by Crippen LogP contribution is -1.93. The van der Waals surface area contributed by atoms with E-state index in [1.165, 1.54) is 24.3 Å². The number of carboxylic acids is 1. The molecule has 0 aliphatic carbocycles. The molecule has 0 aliphatic rings. The summed E-state index contributed by atoms with van der Waals surface area (Å²) in [5.74, 6) is -0.912. The molecule has 76 valence electrons. The van der Waals surface area contributed by atoms with Crippen molar-refractivity contribution in [3.63, 3.8) is 0 Å². The van der Waals surface area contributed by atoms with Crippen molar-refractivity contribution in [3.8, 4) is 5.75 Å². The zero-order valence-corrected chi connectivity index (χ0v) is 8.10. The third-order valence-electron chi connectivity index (χ3n) is 1.40. The van der Waals surface area contributed by atoms with Gasteiger partial charge in [-0.1, -0.05) is 13.0 Å². The van der Waals surface area contributed by atoms with Gasteiger partial charge in [-0.2, -0.15) is 0 Å². The van der Waals surface area contributed by atoms with Gasteiger partial charge in [0.05, 0.1) is 5.56 Å². The molecule has 1 aromatic rings. The van der Waals surface area contributed by atoms with Crippen LogP contribution in [-0.4, -0.2) is 16.2 Å². The predicted octanol–water partition coefficient (Wildman–Crippen LogP) is 2.67. The number of benzene rings is 1. The van der Waals surface area contributed by atoms with Crippen LogP contribution >= 0.6 is 0 Å². The fourth-order valence-corrected chi connectivity index (χ4v) is 0.604. The van der Waals surface area contributed by atoms with Crippen LogP contribution in [0.25, 0.3) is 0 Å². The molecule has 0 amide bonds. The summed E-state index contributed by atoms with van der Waals surface area (Å²) in [6.07, 6.45) is 2.96. The van der Waals surface area contributed by atoms with Gasteiger partial charge in [-0.05, 0) is 30.7 Å². The van der Waals surface area contributed by atoms with E-state index >= 15 is 0 Å². The summed E-state index contributed by atoms with van der Waals surface area (Å²) in [5, 5.41) is 17.1. The van der Waals surface area contributed by atoms with E-state index in [9.17, 15) is 4.79 Å². The largest absolute Gasteiger partial charge is 0.508 e. The van der Waals surface area contributed by atoms with Crippen LogP contribution in [0.4, 0.5) is 0 Å². The molecule has 0 heterocycles. The van der Waals surface area contributed by atoms with E-state index in [1.807, 2.05) is 6.08 Å². The third-order valence-corrected chi connectivity index (χ3v) is 1.40. The number of aromatic carboxylic acids is 1. The molecule has 0 aliphatic heterocycles. The van der Waals surface area contributed by atoms with Gasteiger partial charge >= 0.3 is 5.97 Å². The molecular weight excluding hydrogens is 180 g/mol. The average molecular weight is 194 g/mol. The Balaban J connectivity index is 0.000000364. The number of rotatable bonds is 2. The Labute approximate surface area is 83.3 Å². The van der Waals surface area contributed by atoms with Crippen LogP contribution in [0.3, 0.4) is 0 Å². The highest BCUT2D eigenvalue weighted by Gasteiger charge is 1.99. The Bertz CT molecular complexity index is 288. The SMILES string of the molecule is C=CCC.O=C(O)c1ccc(O)cc1. The van der Waals surface area contributed by atoms with E-state index in [1.54, 1.807) is 0 Å². The minimum absolute atomic E-state index is 0.0741. The Morgan fingerprint density at radius 3 is 2.14 bits per heavy atom. The number of carbonyl (C=O) groups is 1. The fourth-order valence-electron chi connectivity index (χ4n) is 0.604. The zero-order valence-electron chi connectivity index (χ0n) is 8.10. The van der Waals surface area contributed by atoms with E-state index < -0.39 is 5.97 Å². The molecule has 2 N–H and O–H groups in total. The first-order valence-corrected chi connectivity index (χ1v) is 4.25. The number of carboxylic acid groups (broad SMARTS) is 1. The second kappa shape index (κ2) is 6.71. The maximum atomic E-state index is 10.2. The van der Waals surface area contributed by atoms with Gasteiger partial charge in [0.2, 0.25) is 0 Å². The molecule has 3 nitrogen and oxygen atoms in total. The van der Waals surface area contributed by atoms with Gasteiger partial charge in [-0.25, -0.2) is 4.79 Å². The van der Waals surface area contributed by atoms with Crippen molar-refractivity contribution in [2.75, 3.05) is 0 Å². The Morgan fingerprint density at radius 2 is 1.86 bits per heavy atom. The molecule has 0 radical (unpaired) electrons. The first-order valence-electron chi connectivity index (χ1n) is 4.25. The van der Waals surface area contributed by atoms with Gasteiger partial charge in [0.15, 0.2) is 0 Å². The lowest BCUT2D eigenvalue weighted by Gasteiger charge is -1.92. The average Bonchev–Trinajstić information content (AvgIpc) is 2.19. The van der Waals surface area contributed by atoms with E-state index in [0.717, 1.165) is 6.42 Å². The standard InChI is InChI=1S/C7H6O3.C4H8/c8-6-3-1-5(2-4-6)7(9)10;1-3-4-2/h1-4,8H,(H,9,10);3H,1,4H2,2H3. The van der Waals surface area contributed by atoms with Crippen molar-refractivity contribution in [1.82, 2.24) is 0 Å². The van der Waals surface area contributed by atoms with Crippen LogP contribution in [0.5, 0.6) is 5.75 Å². The Hall–Kier alpha value is -1.77. The Morgan fingerprint density at radius 1 is 1.43 bits per heavy atom. The summed E-state index contributed by atoms with van der Waals surface area (Å²) in [7, 11) is 0. The van der Waals surface area contributed by atoms with E-state index in [0.29, 0.717) is 0 Å². The maximum Gasteiger partial charge on any atom is 0.335 e. The number of phenols is 1. The first-order chi connectivity index (χ1) is 6.61. The van der Waals surface area contributed by atoms with Crippen molar-refractivity contribution < 1.29 is 15.0 Å². The monoisotopic (exact) mass is 194 g/mol. The number of hydrogen-bond donors (Lipinski definition) is 2. The first kappa shape index (κ1) is 12.2. The number of allylic oxidation sites excluding steroid dienone is 1. The molecule has 0 atom stereocenters. The van der Waals surface area contributed by atoms with Crippen LogP contribution in [0.2, 0.25) is 0 Å². The molecule has 1 rings (SSSR count). The molecule has 0 bridgehead atoms. The number of phenolic OH excluding ortho intramolecular Hbond substituents is 1. The van der Waals surface area contributed by atoms with Gasteiger partial charge in [0.25, 0.3) is 0 Å². The topological polar surface area (TPSA) is 57.5 Å². The summed E-state index contributed by atoms with van der Waals surface area (Å²) in [4.78, 5) is 10.2. The smallest absolute Gasteiger partial charge is 0.335 e. The number of hydrogen-bond acceptors (Lipinski definition) is 2. The minimum Gasteiger partial charge on any atom is -0.508 e. The highest BCUT2D eigenvalue weighted by Crippen LogP contribution is 2.08. The van der Waals surface area contributed by atoms with Crippen LogP contribution in [-0.2, 0) is 0 Å². The zero-order chi connectivity index (χ0) is 11.0. The van der Waals surface area contributed by atoms with Gasteiger partial charge in [-0.15, -0.1) is 6.58 Å². The lowest BCUT2D eigenvalue weighted by atomic mass is 10.2. The molecular formula is C11H14O3. The van der Waals surface area contributed by atoms with Gasteiger partial charge in [0, 0.05) is 0 Å². The van der Waals surface area contributed by atoms with Crippen molar-refractivity contribution >= 4 is 5.97 Å².